The van der Waals surface area contributed by atoms with Crippen LogP contribution in [0, 0.1) is 5.82 Å². The van der Waals surface area contributed by atoms with Gasteiger partial charge in [0.25, 0.3) is 0 Å². The molecule has 102 valence electrons. The standard InChI is InChI=1S/C11H16ClFNO3P/c1-3-16-18(15,17-4-2)11(14)9-7-8(13)5-6-10(9)12/h5-7,11H,3-4,14H2,1-2H3/t11-/m1/s1. The van der Waals surface area contributed by atoms with Gasteiger partial charge < -0.3 is 14.8 Å². The van der Waals surface area contributed by atoms with Crippen molar-refractivity contribution in [1.29, 1.82) is 0 Å². The highest BCUT2D eigenvalue weighted by Gasteiger charge is 2.35. The normalized spacial score (nSPS) is 13.6. The number of benzene rings is 1. The van der Waals surface area contributed by atoms with Crippen molar-refractivity contribution in [3.8, 4) is 0 Å². The Labute approximate surface area is 111 Å². The van der Waals surface area contributed by atoms with Crippen molar-refractivity contribution < 1.29 is 18.0 Å². The van der Waals surface area contributed by atoms with Crippen LogP contribution in [0.3, 0.4) is 0 Å². The fourth-order valence-electron chi connectivity index (χ4n) is 1.47. The summed E-state index contributed by atoms with van der Waals surface area (Å²) in [4.78, 5) is 0. The van der Waals surface area contributed by atoms with E-state index in [1.807, 2.05) is 0 Å². The van der Waals surface area contributed by atoms with E-state index >= 15 is 0 Å². The highest BCUT2D eigenvalue weighted by Crippen LogP contribution is 2.59. The number of hydrogen-bond acceptors (Lipinski definition) is 4. The van der Waals surface area contributed by atoms with Crippen LogP contribution in [-0.2, 0) is 13.6 Å². The van der Waals surface area contributed by atoms with Gasteiger partial charge in [0, 0.05) is 10.6 Å². The Morgan fingerprint density at radius 2 is 1.94 bits per heavy atom. The summed E-state index contributed by atoms with van der Waals surface area (Å²) >= 11 is 5.92. The molecule has 0 aliphatic carbocycles. The van der Waals surface area contributed by atoms with Crippen LogP contribution in [0.2, 0.25) is 5.02 Å². The van der Waals surface area contributed by atoms with Crippen LogP contribution in [0.4, 0.5) is 4.39 Å². The maximum Gasteiger partial charge on any atom is 0.351 e. The van der Waals surface area contributed by atoms with Crippen LogP contribution in [0.5, 0.6) is 0 Å². The predicted molar refractivity (Wildman–Crippen MR) is 69.2 cm³/mol. The Kier molecular flexibility index (Phi) is 5.76. The van der Waals surface area contributed by atoms with Crippen LogP contribution >= 0.6 is 19.2 Å². The molecule has 0 saturated carbocycles. The van der Waals surface area contributed by atoms with Crippen LogP contribution < -0.4 is 5.73 Å². The molecule has 1 aromatic carbocycles. The molecule has 0 aliphatic rings. The predicted octanol–water partition coefficient (Wildman–Crippen LogP) is 3.70. The van der Waals surface area contributed by atoms with Crippen molar-refractivity contribution in [2.75, 3.05) is 13.2 Å². The monoisotopic (exact) mass is 295 g/mol. The first kappa shape index (κ1) is 15.6. The Hall–Kier alpha value is -0.450. The molecule has 0 aromatic heterocycles. The van der Waals surface area contributed by atoms with E-state index in [0.717, 1.165) is 6.07 Å². The zero-order chi connectivity index (χ0) is 13.8. The number of rotatable bonds is 6. The molecule has 0 aliphatic heterocycles. The van der Waals surface area contributed by atoms with Crippen LogP contribution in [-0.4, -0.2) is 13.2 Å². The van der Waals surface area contributed by atoms with Gasteiger partial charge in [0.15, 0.2) is 0 Å². The average molecular weight is 296 g/mol. The lowest BCUT2D eigenvalue weighted by atomic mass is 10.2. The lowest BCUT2D eigenvalue weighted by molar-refractivity contribution is 0.212. The van der Waals surface area contributed by atoms with Gasteiger partial charge in [-0.3, -0.25) is 4.57 Å². The first-order chi connectivity index (χ1) is 8.44. The van der Waals surface area contributed by atoms with E-state index in [1.165, 1.54) is 12.1 Å². The SMILES string of the molecule is CCOP(=O)(OCC)[C@@H](N)c1cc(F)ccc1Cl. The molecule has 0 spiro atoms. The molecular formula is C11H16ClFNO3P. The van der Waals surface area contributed by atoms with E-state index in [-0.39, 0.29) is 23.8 Å². The molecule has 0 amide bonds. The minimum Gasteiger partial charge on any atom is -0.314 e. The second kappa shape index (κ2) is 6.64. The number of hydrogen-bond donors (Lipinski definition) is 1. The van der Waals surface area contributed by atoms with Gasteiger partial charge in [-0.2, -0.15) is 0 Å². The lowest BCUT2D eigenvalue weighted by Gasteiger charge is -2.24. The highest BCUT2D eigenvalue weighted by atomic mass is 35.5. The second-order valence-electron chi connectivity index (χ2n) is 3.49. The Morgan fingerprint density at radius 3 is 2.44 bits per heavy atom. The van der Waals surface area contributed by atoms with Crippen molar-refractivity contribution in [2.45, 2.75) is 19.6 Å². The molecule has 4 nitrogen and oxygen atoms in total. The summed E-state index contributed by atoms with van der Waals surface area (Å²) in [5, 5.41) is 0.225. The second-order valence-corrected chi connectivity index (χ2v) is 6.05. The summed E-state index contributed by atoms with van der Waals surface area (Å²) in [7, 11) is -3.55. The van der Waals surface area contributed by atoms with Gasteiger partial charge in [-0.25, -0.2) is 4.39 Å². The molecule has 0 bridgehead atoms. The topological polar surface area (TPSA) is 61.5 Å². The summed E-state index contributed by atoms with van der Waals surface area (Å²) in [5.41, 5.74) is 6.06. The zero-order valence-electron chi connectivity index (χ0n) is 10.2. The number of nitrogens with two attached hydrogens (primary N) is 1. The lowest BCUT2D eigenvalue weighted by Crippen LogP contribution is -2.15. The van der Waals surface area contributed by atoms with Crippen molar-refractivity contribution >= 4 is 19.2 Å². The third-order valence-electron chi connectivity index (χ3n) is 2.24. The molecular weight excluding hydrogens is 280 g/mol. The van der Waals surface area contributed by atoms with E-state index in [1.54, 1.807) is 13.8 Å². The smallest absolute Gasteiger partial charge is 0.314 e. The quantitative estimate of drug-likeness (QED) is 0.813. The highest BCUT2D eigenvalue weighted by molar-refractivity contribution is 7.54. The first-order valence-electron chi connectivity index (χ1n) is 5.54. The van der Waals surface area contributed by atoms with E-state index in [4.69, 9.17) is 26.4 Å². The zero-order valence-corrected chi connectivity index (χ0v) is 11.9. The molecule has 0 radical (unpaired) electrons. The summed E-state index contributed by atoms with van der Waals surface area (Å²) in [6.45, 7) is 3.70. The molecule has 18 heavy (non-hydrogen) atoms. The average Bonchev–Trinajstić information content (AvgIpc) is 2.32. The van der Waals surface area contributed by atoms with Gasteiger partial charge in [0.2, 0.25) is 0 Å². The Morgan fingerprint density at radius 1 is 1.39 bits per heavy atom. The molecule has 1 rings (SSSR count). The summed E-state index contributed by atoms with van der Waals surface area (Å²) in [6.07, 6.45) is 0. The van der Waals surface area contributed by atoms with Crippen LogP contribution in [0.15, 0.2) is 18.2 Å². The van der Waals surface area contributed by atoms with E-state index in [9.17, 15) is 8.96 Å². The molecule has 1 aromatic rings. The molecule has 0 unspecified atom stereocenters. The summed E-state index contributed by atoms with van der Waals surface area (Å²) < 4.78 is 35.8. The molecule has 0 saturated heterocycles. The van der Waals surface area contributed by atoms with Crippen molar-refractivity contribution in [3.05, 3.63) is 34.6 Å². The van der Waals surface area contributed by atoms with E-state index in [2.05, 4.69) is 0 Å². The van der Waals surface area contributed by atoms with Gasteiger partial charge in [-0.05, 0) is 32.0 Å². The fraction of sp³-hybridized carbons (Fsp3) is 0.455. The molecule has 7 heteroatoms. The molecule has 0 fully saturated rings. The van der Waals surface area contributed by atoms with Gasteiger partial charge in [-0.1, -0.05) is 11.6 Å². The third kappa shape index (κ3) is 3.53. The number of halogens is 2. The molecule has 0 heterocycles. The minimum absolute atomic E-state index is 0.178. The maximum atomic E-state index is 13.2. The van der Waals surface area contributed by atoms with E-state index < -0.39 is 19.2 Å². The van der Waals surface area contributed by atoms with Crippen molar-refractivity contribution in [2.24, 2.45) is 5.73 Å². The van der Waals surface area contributed by atoms with Gasteiger partial charge in [-0.15, -0.1) is 0 Å². The summed E-state index contributed by atoms with van der Waals surface area (Å²) in [5.74, 6) is -1.62. The Balaban J connectivity index is 3.13. The molecule has 1 atom stereocenters. The van der Waals surface area contributed by atoms with Crippen LogP contribution in [0.25, 0.3) is 0 Å². The van der Waals surface area contributed by atoms with Gasteiger partial charge >= 0.3 is 7.60 Å². The van der Waals surface area contributed by atoms with Crippen molar-refractivity contribution in [3.63, 3.8) is 0 Å². The largest absolute Gasteiger partial charge is 0.351 e. The van der Waals surface area contributed by atoms with Gasteiger partial charge in [0.1, 0.15) is 11.6 Å². The van der Waals surface area contributed by atoms with Crippen LogP contribution in [0.1, 0.15) is 25.2 Å². The third-order valence-corrected chi connectivity index (χ3v) is 4.78. The first-order valence-corrected chi connectivity index (χ1v) is 7.53. The molecule has 2 N–H and O–H groups in total. The Bertz CT molecular complexity index is 448. The fourth-order valence-corrected chi connectivity index (χ4v) is 3.45. The van der Waals surface area contributed by atoms with E-state index in [0.29, 0.717) is 0 Å². The van der Waals surface area contributed by atoms with Gasteiger partial charge in [0.05, 0.1) is 13.2 Å². The minimum atomic E-state index is -3.55. The van der Waals surface area contributed by atoms with Crippen molar-refractivity contribution in [1.82, 2.24) is 0 Å². The maximum absolute atomic E-state index is 13.2. The summed E-state index contributed by atoms with van der Waals surface area (Å²) in [6, 6.07) is 3.69.